The Morgan fingerprint density at radius 2 is 1.96 bits per heavy atom. The third kappa shape index (κ3) is 3.99. The summed E-state index contributed by atoms with van der Waals surface area (Å²) in [7, 11) is -3.93. The summed E-state index contributed by atoms with van der Waals surface area (Å²) >= 11 is 0. The van der Waals surface area contributed by atoms with Crippen LogP contribution in [-0.2, 0) is 19.6 Å². The summed E-state index contributed by atoms with van der Waals surface area (Å²) in [4.78, 5) is 34.7. The van der Waals surface area contributed by atoms with Crippen molar-refractivity contribution in [1.29, 1.82) is 0 Å². The van der Waals surface area contributed by atoms with E-state index >= 15 is 0 Å². The highest BCUT2D eigenvalue weighted by molar-refractivity contribution is 7.89. The lowest BCUT2D eigenvalue weighted by Gasteiger charge is -2.31. The van der Waals surface area contributed by atoms with Crippen molar-refractivity contribution in [2.24, 2.45) is 0 Å². The average Bonchev–Trinajstić information content (AvgIpc) is 2.98. The van der Waals surface area contributed by atoms with Crippen LogP contribution < -0.4 is 4.72 Å². The number of aliphatic carboxylic acids is 1. The number of non-ortho nitro benzene ring substituents is 1. The molecule has 1 saturated heterocycles. The number of nitrogens with one attached hydrogen (secondary N) is 1. The monoisotopic (exact) mass is 385 g/mol. The molecule has 1 unspecified atom stereocenters. The number of carbonyl (C=O) groups excluding carboxylic acids is 1. The molecule has 10 nitrogen and oxygen atoms in total. The maximum atomic E-state index is 12.3. The van der Waals surface area contributed by atoms with Gasteiger partial charge in [-0.05, 0) is 31.9 Å². The van der Waals surface area contributed by atoms with E-state index in [0.717, 1.165) is 24.3 Å². The highest BCUT2D eigenvalue weighted by Crippen LogP contribution is 2.29. The summed E-state index contributed by atoms with van der Waals surface area (Å²) in [6.45, 7) is 1.59. The van der Waals surface area contributed by atoms with E-state index < -0.39 is 32.4 Å². The van der Waals surface area contributed by atoms with Crippen molar-refractivity contribution >= 4 is 27.6 Å². The molecule has 0 aromatic heterocycles. The Morgan fingerprint density at radius 3 is 2.50 bits per heavy atom. The molecule has 1 heterocycles. The van der Waals surface area contributed by atoms with Crippen LogP contribution in [0.5, 0.6) is 0 Å². The minimum atomic E-state index is -3.93. The molecular weight excluding hydrogens is 366 g/mol. The molecule has 1 fully saturated rings. The minimum Gasteiger partial charge on any atom is -0.480 e. The third-order valence-electron chi connectivity index (χ3n) is 4.39. The van der Waals surface area contributed by atoms with Crippen LogP contribution in [0.4, 0.5) is 5.69 Å². The highest BCUT2D eigenvalue weighted by atomic mass is 32.2. The maximum absolute atomic E-state index is 12.3. The Morgan fingerprint density at radius 1 is 1.35 bits per heavy atom. The molecule has 2 rings (SSSR count). The van der Waals surface area contributed by atoms with Crippen LogP contribution in [-0.4, -0.2) is 53.9 Å². The maximum Gasteiger partial charge on any atom is 0.329 e. The molecule has 1 atom stereocenters. The van der Waals surface area contributed by atoms with Gasteiger partial charge >= 0.3 is 5.97 Å². The number of hydrogen-bond donors (Lipinski definition) is 2. The van der Waals surface area contributed by atoms with Crippen molar-refractivity contribution in [2.45, 2.75) is 36.6 Å². The average molecular weight is 385 g/mol. The molecule has 0 radical (unpaired) electrons. The van der Waals surface area contributed by atoms with Crippen LogP contribution in [0.2, 0.25) is 0 Å². The summed E-state index contributed by atoms with van der Waals surface area (Å²) < 4.78 is 26.5. The first-order chi connectivity index (χ1) is 12.1. The molecule has 142 valence electrons. The van der Waals surface area contributed by atoms with Gasteiger partial charge in [0.2, 0.25) is 15.9 Å². The standard InChI is InChI=1S/C15H19N3O7S/c1-15(14(20)21)8-2-10-17(15)13(19)7-9-16-26(24,25)12-5-3-11(4-6-12)18(22)23/h3-6,16H,2,7-10H2,1H3,(H,20,21). The lowest BCUT2D eigenvalue weighted by atomic mass is 9.99. The van der Waals surface area contributed by atoms with E-state index in [4.69, 9.17) is 0 Å². The topological polar surface area (TPSA) is 147 Å². The van der Waals surface area contributed by atoms with Gasteiger partial charge in [-0.25, -0.2) is 17.9 Å². The second-order valence-electron chi connectivity index (χ2n) is 6.13. The Kier molecular flexibility index (Phi) is 5.62. The zero-order valence-corrected chi connectivity index (χ0v) is 14.9. The molecular formula is C15H19N3O7S. The molecule has 1 aromatic rings. The predicted molar refractivity (Wildman–Crippen MR) is 89.9 cm³/mol. The number of rotatable bonds is 7. The summed E-state index contributed by atoms with van der Waals surface area (Å²) in [6, 6.07) is 4.35. The molecule has 1 amide bonds. The number of benzene rings is 1. The first-order valence-electron chi connectivity index (χ1n) is 7.86. The summed E-state index contributed by atoms with van der Waals surface area (Å²) in [6.07, 6.45) is 0.737. The van der Waals surface area contributed by atoms with Crippen LogP contribution in [0.3, 0.4) is 0 Å². The van der Waals surface area contributed by atoms with E-state index in [2.05, 4.69) is 4.72 Å². The predicted octanol–water partition coefficient (Wildman–Crippen LogP) is 0.729. The molecule has 1 aliphatic rings. The Hall–Kier alpha value is -2.53. The van der Waals surface area contributed by atoms with Gasteiger partial charge in [0.25, 0.3) is 5.69 Å². The highest BCUT2D eigenvalue weighted by Gasteiger charge is 2.45. The quantitative estimate of drug-likeness (QED) is 0.519. The smallest absolute Gasteiger partial charge is 0.329 e. The van der Waals surface area contributed by atoms with E-state index in [1.54, 1.807) is 0 Å². The number of likely N-dealkylation sites (tertiary alicyclic amines) is 1. The second kappa shape index (κ2) is 7.38. The van der Waals surface area contributed by atoms with Crippen LogP contribution in [0, 0.1) is 10.1 Å². The van der Waals surface area contributed by atoms with E-state index in [1.807, 2.05) is 0 Å². The molecule has 2 N–H and O–H groups in total. The van der Waals surface area contributed by atoms with Gasteiger partial charge in [-0.2, -0.15) is 0 Å². The molecule has 0 saturated carbocycles. The normalized spacial score (nSPS) is 20.1. The number of sulfonamides is 1. The van der Waals surface area contributed by atoms with Crippen LogP contribution in [0.15, 0.2) is 29.2 Å². The molecule has 0 spiro atoms. The first kappa shape index (κ1) is 19.8. The van der Waals surface area contributed by atoms with Gasteiger partial charge in [-0.1, -0.05) is 0 Å². The van der Waals surface area contributed by atoms with Crippen molar-refractivity contribution in [2.75, 3.05) is 13.1 Å². The molecule has 1 aliphatic heterocycles. The van der Waals surface area contributed by atoms with Crippen LogP contribution in [0.1, 0.15) is 26.2 Å². The summed E-state index contributed by atoms with van der Waals surface area (Å²) in [5.41, 5.74) is -1.50. The second-order valence-corrected chi connectivity index (χ2v) is 7.89. The molecule has 11 heteroatoms. The Balaban J connectivity index is 1.97. The van der Waals surface area contributed by atoms with Crippen LogP contribution >= 0.6 is 0 Å². The lowest BCUT2D eigenvalue weighted by Crippen LogP contribution is -2.51. The zero-order valence-electron chi connectivity index (χ0n) is 14.0. The fourth-order valence-electron chi connectivity index (χ4n) is 2.84. The first-order valence-corrected chi connectivity index (χ1v) is 9.34. The van der Waals surface area contributed by atoms with Gasteiger partial charge in [0.1, 0.15) is 5.54 Å². The van der Waals surface area contributed by atoms with Crippen molar-refractivity contribution in [3.8, 4) is 0 Å². The summed E-state index contributed by atoms with van der Waals surface area (Å²) in [5.74, 6) is -1.53. The number of carbonyl (C=O) groups is 2. The van der Waals surface area contributed by atoms with Gasteiger partial charge in [0.15, 0.2) is 0 Å². The van der Waals surface area contributed by atoms with Crippen molar-refractivity contribution in [3.05, 3.63) is 34.4 Å². The molecule has 1 aromatic carbocycles. The van der Waals surface area contributed by atoms with E-state index in [0.29, 0.717) is 19.4 Å². The zero-order chi connectivity index (χ0) is 19.5. The SMILES string of the molecule is CC1(C(=O)O)CCCN1C(=O)CCNS(=O)(=O)c1ccc([N+](=O)[O-])cc1. The number of amides is 1. The van der Waals surface area contributed by atoms with E-state index in [-0.39, 0.29) is 23.5 Å². The molecule has 0 aliphatic carbocycles. The largest absolute Gasteiger partial charge is 0.480 e. The fraction of sp³-hybridized carbons (Fsp3) is 0.467. The fourth-order valence-corrected chi connectivity index (χ4v) is 3.87. The van der Waals surface area contributed by atoms with E-state index in [9.17, 15) is 33.2 Å². The number of nitro groups is 1. The number of nitro benzene ring substituents is 1. The van der Waals surface area contributed by atoms with Gasteiger partial charge in [0.05, 0.1) is 9.82 Å². The molecule has 0 bridgehead atoms. The summed E-state index contributed by atoms with van der Waals surface area (Å²) in [5, 5.41) is 19.9. The number of carboxylic acid groups (broad SMARTS) is 1. The van der Waals surface area contributed by atoms with E-state index in [1.165, 1.54) is 11.8 Å². The Bertz CT molecular complexity index is 822. The number of hydrogen-bond acceptors (Lipinski definition) is 6. The van der Waals surface area contributed by atoms with Crippen molar-refractivity contribution < 1.29 is 28.0 Å². The lowest BCUT2D eigenvalue weighted by molar-refractivity contribution is -0.384. The van der Waals surface area contributed by atoms with Gasteiger partial charge in [-0.3, -0.25) is 14.9 Å². The third-order valence-corrected chi connectivity index (χ3v) is 5.87. The van der Waals surface area contributed by atoms with Crippen molar-refractivity contribution in [3.63, 3.8) is 0 Å². The van der Waals surface area contributed by atoms with Gasteiger partial charge in [0, 0.05) is 31.6 Å². The minimum absolute atomic E-state index is 0.160. The van der Waals surface area contributed by atoms with Crippen molar-refractivity contribution in [1.82, 2.24) is 9.62 Å². The van der Waals surface area contributed by atoms with Crippen LogP contribution in [0.25, 0.3) is 0 Å². The number of nitrogens with zero attached hydrogens (tertiary/aromatic N) is 2. The van der Waals surface area contributed by atoms with Gasteiger partial charge < -0.3 is 10.0 Å². The number of carboxylic acids is 1. The Labute approximate surface area is 150 Å². The van der Waals surface area contributed by atoms with Gasteiger partial charge in [-0.15, -0.1) is 0 Å². The molecule has 26 heavy (non-hydrogen) atoms.